The molecular formula is C10H13ClO4S. The lowest BCUT2D eigenvalue weighted by atomic mass is 10.3. The zero-order valence-electron chi connectivity index (χ0n) is 9.07. The van der Waals surface area contributed by atoms with Crippen LogP contribution in [0, 0.1) is 0 Å². The average Bonchev–Trinajstić information content (AvgIpc) is 2.19. The molecule has 4 nitrogen and oxygen atoms in total. The summed E-state index contributed by atoms with van der Waals surface area (Å²) in [5.41, 5.74) is 0. The molecule has 1 rings (SSSR count). The summed E-state index contributed by atoms with van der Waals surface area (Å²) in [4.78, 5) is 0.000990. The van der Waals surface area contributed by atoms with Gasteiger partial charge in [0.05, 0.1) is 18.1 Å². The van der Waals surface area contributed by atoms with Gasteiger partial charge in [0.25, 0.3) is 9.05 Å². The molecule has 16 heavy (non-hydrogen) atoms. The molecule has 1 aromatic rings. The largest absolute Gasteiger partial charge is 0.490 e. The SMILES string of the molecule is CCOc1ccc(S(=O)(=O)Cl)cc1OCC. The van der Waals surface area contributed by atoms with Crippen molar-refractivity contribution in [3.05, 3.63) is 18.2 Å². The Kier molecular flexibility index (Phi) is 4.44. The summed E-state index contributed by atoms with van der Waals surface area (Å²) in [6.45, 7) is 4.54. The molecule has 0 aliphatic rings. The highest BCUT2D eigenvalue weighted by molar-refractivity contribution is 8.13. The van der Waals surface area contributed by atoms with Gasteiger partial charge >= 0.3 is 0 Å². The molecule has 90 valence electrons. The van der Waals surface area contributed by atoms with Gasteiger partial charge in [0.1, 0.15) is 0 Å². The molecule has 0 unspecified atom stereocenters. The lowest BCUT2D eigenvalue weighted by Crippen LogP contribution is -2.00. The fourth-order valence-corrected chi connectivity index (χ4v) is 1.95. The fraction of sp³-hybridized carbons (Fsp3) is 0.400. The minimum atomic E-state index is -3.74. The van der Waals surface area contributed by atoms with Crippen LogP contribution in [0.15, 0.2) is 23.1 Å². The second-order valence-electron chi connectivity index (χ2n) is 2.91. The Morgan fingerprint density at radius 3 is 2.19 bits per heavy atom. The molecule has 0 amide bonds. The summed E-state index contributed by atoms with van der Waals surface area (Å²) in [7, 11) is 1.50. The number of benzene rings is 1. The molecule has 0 aliphatic heterocycles. The summed E-state index contributed by atoms with van der Waals surface area (Å²) < 4.78 is 32.8. The van der Waals surface area contributed by atoms with E-state index in [1.807, 2.05) is 6.92 Å². The maximum Gasteiger partial charge on any atom is 0.261 e. The summed E-state index contributed by atoms with van der Waals surface area (Å²) >= 11 is 0. The van der Waals surface area contributed by atoms with E-state index in [0.29, 0.717) is 24.7 Å². The van der Waals surface area contributed by atoms with E-state index in [9.17, 15) is 8.42 Å². The zero-order chi connectivity index (χ0) is 12.2. The Labute approximate surface area is 99.6 Å². The van der Waals surface area contributed by atoms with Crippen LogP contribution in [0.5, 0.6) is 11.5 Å². The Morgan fingerprint density at radius 2 is 1.69 bits per heavy atom. The highest BCUT2D eigenvalue weighted by atomic mass is 35.7. The van der Waals surface area contributed by atoms with Crippen LogP contribution in [0.25, 0.3) is 0 Å². The Balaban J connectivity index is 3.17. The van der Waals surface area contributed by atoms with E-state index < -0.39 is 9.05 Å². The first kappa shape index (κ1) is 13.1. The van der Waals surface area contributed by atoms with Crippen LogP contribution in [-0.2, 0) is 9.05 Å². The first-order chi connectivity index (χ1) is 7.49. The van der Waals surface area contributed by atoms with Gasteiger partial charge in [-0.05, 0) is 26.0 Å². The molecule has 0 atom stereocenters. The van der Waals surface area contributed by atoms with Crippen molar-refractivity contribution in [2.75, 3.05) is 13.2 Å². The van der Waals surface area contributed by atoms with Gasteiger partial charge in [-0.25, -0.2) is 8.42 Å². The van der Waals surface area contributed by atoms with Crippen molar-refractivity contribution in [2.45, 2.75) is 18.7 Å². The molecule has 0 aromatic heterocycles. The van der Waals surface area contributed by atoms with E-state index in [4.69, 9.17) is 20.2 Å². The van der Waals surface area contributed by atoms with Crippen molar-refractivity contribution in [3.63, 3.8) is 0 Å². The molecule has 0 spiro atoms. The predicted molar refractivity (Wildman–Crippen MR) is 61.8 cm³/mol. The van der Waals surface area contributed by atoms with Gasteiger partial charge in [0, 0.05) is 16.7 Å². The maximum atomic E-state index is 11.1. The number of hydrogen-bond acceptors (Lipinski definition) is 4. The van der Waals surface area contributed by atoms with Crippen LogP contribution in [0.2, 0.25) is 0 Å². The monoisotopic (exact) mass is 264 g/mol. The van der Waals surface area contributed by atoms with Crippen LogP contribution in [0.1, 0.15) is 13.8 Å². The van der Waals surface area contributed by atoms with Crippen molar-refractivity contribution in [1.29, 1.82) is 0 Å². The Bertz CT molecular complexity index is 456. The van der Waals surface area contributed by atoms with E-state index in [1.165, 1.54) is 18.2 Å². The van der Waals surface area contributed by atoms with Crippen molar-refractivity contribution in [2.24, 2.45) is 0 Å². The molecule has 0 saturated heterocycles. The van der Waals surface area contributed by atoms with E-state index in [-0.39, 0.29) is 4.90 Å². The lowest BCUT2D eigenvalue weighted by Gasteiger charge is -2.11. The predicted octanol–water partition coefficient (Wildman–Crippen LogP) is 2.41. The van der Waals surface area contributed by atoms with Crippen LogP contribution in [0.3, 0.4) is 0 Å². The second-order valence-corrected chi connectivity index (χ2v) is 5.48. The fourth-order valence-electron chi connectivity index (χ4n) is 1.18. The molecule has 0 fully saturated rings. The molecule has 1 aromatic carbocycles. The molecule has 0 saturated carbocycles. The van der Waals surface area contributed by atoms with Gasteiger partial charge in [-0.3, -0.25) is 0 Å². The molecule has 0 bridgehead atoms. The summed E-state index contributed by atoms with van der Waals surface area (Å²) in [6.07, 6.45) is 0. The molecule has 0 radical (unpaired) electrons. The molecule has 6 heteroatoms. The van der Waals surface area contributed by atoms with Gasteiger partial charge < -0.3 is 9.47 Å². The van der Waals surface area contributed by atoms with Gasteiger partial charge in [-0.2, -0.15) is 0 Å². The second kappa shape index (κ2) is 5.41. The Morgan fingerprint density at radius 1 is 1.12 bits per heavy atom. The number of halogens is 1. The van der Waals surface area contributed by atoms with Crippen LogP contribution in [-0.4, -0.2) is 21.6 Å². The van der Waals surface area contributed by atoms with Crippen LogP contribution >= 0.6 is 10.7 Å². The third kappa shape index (κ3) is 3.28. The van der Waals surface area contributed by atoms with Crippen molar-refractivity contribution < 1.29 is 17.9 Å². The van der Waals surface area contributed by atoms with Gasteiger partial charge in [0.2, 0.25) is 0 Å². The molecule has 0 heterocycles. The summed E-state index contributed by atoms with van der Waals surface area (Å²) in [5, 5.41) is 0. The van der Waals surface area contributed by atoms with E-state index in [1.54, 1.807) is 6.92 Å². The Hall–Kier alpha value is -0.940. The standard InChI is InChI=1S/C10H13ClO4S/c1-3-14-9-6-5-8(16(11,12)13)7-10(9)15-4-2/h5-7H,3-4H2,1-2H3. The van der Waals surface area contributed by atoms with Crippen LogP contribution in [0.4, 0.5) is 0 Å². The normalized spacial score (nSPS) is 11.2. The number of hydrogen-bond donors (Lipinski definition) is 0. The van der Waals surface area contributed by atoms with E-state index in [0.717, 1.165) is 0 Å². The molecule has 0 aliphatic carbocycles. The van der Waals surface area contributed by atoms with Crippen molar-refractivity contribution in [1.82, 2.24) is 0 Å². The first-order valence-electron chi connectivity index (χ1n) is 4.83. The van der Waals surface area contributed by atoms with Gasteiger partial charge in [-0.1, -0.05) is 0 Å². The quantitative estimate of drug-likeness (QED) is 0.767. The minimum Gasteiger partial charge on any atom is -0.490 e. The third-order valence-electron chi connectivity index (χ3n) is 1.80. The van der Waals surface area contributed by atoms with Crippen LogP contribution < -0.4 is 9.47 Å². The summed E-state index contributed by atoms with van der Waals surface area (Å²) in [5.74, 6) is 0.888. The van der Waals surface area contributed by atoms with Gasteiger partial charge in [-0.15, -0.1) is 0 Å². The first-order valence-corrected chi connectivity index (χ1v) is 7.14. The molecular weight excluding hydrogens is 252 g/mol. The number of rotatable bonds is 5. The van der Waals surface area contributed by atoms with Gasteiger partial charge in [0.15, 0.2) is 11.5 Å². The molecule has 0 N–H and O–H groups in total. The maximum absolute atomic E-state index is 11.1. The highest BCUT2D eigenvalue weighted by Crippen LogP contribution is 2.31. The lowest BCUT2D eigenvalue weighted by molar-refractivity contribution is 0.287. The number of ether oxygens (including phenoxy) is 2. The minimum absolute atomic E-state index is 0.000990. The third-order valence-corrected chi connectivity index (χ3v) is 3.15. The van der Waals surface area contributed by atoms with E-state index in [2.05, 4.69) is 0 Å². The van der Waals surface area contributed by atoms with Crippen molar-refractivity contribution in [3.8, 4) is 11.5 Å². The topological polar surface area (TPSA) is 52.6 Å². The smallest absolute Gasteiger partial charge is 0.261 e. The average molecular weight is 265 g/mol. The zero-order valence-corrected chi connectivity index (χ0v) is 10.6. The summed E-state index contributed by atoms with van der Waals surface area (Å²) in [6, 6.07) is 4.27. The van der Waals surface area contributed by atoms with Crippen molar-refractivity contribution >= 4 is 19.7 Å². The highest BCUT2D eigenvalue weighted by Gasteiger charge is 2.14. The van der Waals surface area contributed by atoms with E-state index >= 15 is 0 Å².